The first-order chi connectivity index (χ1) is 7.65. The number of amides is 1. The van der Waals surface area contributed by atoms with Crippen LogP contribution in [0.4, 0.5) is 5.82 Å². The number of primary amides is 1. The van der Waals surface area contributed by atoms with E-state index in [2.05, 4.69) is 4.98 Å². The Morgan fingerprint density at radius 1 is 1.56 bits per heavy atom. The number of hydrogen-bond acceptors (Lipinski definition) is 4. The predicted octanol–water partition coefficient (Wildman–Crippen LogP) is 0.653. The summed E-state index contributed by atoms with van der Waals surface area (Å²) in [6.07, 6.45) is 0.912. The Bertz CT molecular complexity index is 355. The van der Waals surface area contributed by atoms with Crippen molar-refractivity contribution in [2.24, 2.45) is 5.73 Å². The van der Waals surface area contributed by atoms with E-state index in [1.807, 2.05) is 18.0 Å². The van der Waals surface area contributed by atoms with Crippen molar-refractivity contribution in [3.63, 3.8) is 0 Å². The highest BCUT2D eigenvalue weighted by atomic mass is 16.5. The van der Waals surface area contributed by atoms with E-state index in [4.69, 9.17) is 10.5 Å². The molecule has 0 aromatic carbocycles. The van der Waals surface area contributed by atoms with Gasteiger partial charge in [-0.25, -0.2) is 4.98 Å². The first-order valence-electron chi connectivity index (χ1n) is 5.12. The third-order valence-electron chi connectivity index (χ3n) is 2.22. The van der Waals surface area contributed by atoms with E-state index >= 15 is 0 Å². The van der Waals surface area contributed by atoms with Gasteiger partial charge in [-0.2, -0.15) is 0 Å². The van der Waals surface area contributed by atoms with E-state index in [-0.39, 0.29) is 5.69 Å². The third-order valence-corrected chi connectivity index (χ3v) is 2.22. The number of aromatic nitrogens is 1. The van der Waals surface area contributed by atoms with Crippen LogP contribution in [0.1, 0.15) is 16.9 Å². The largest absolute Gasteiger partial charge is 0.385 e. The summed E-state index contributed by atoms with van der Waals surface area (Å²) >= 11 is 0. The number of carbonyl (C=O) groups excluding carboxylic acids is 1. The van der Waals surface area contributed by atoms with Crippen LogP contribution >= 0.6 is 0 Å². The summed E-state index contributed by atoms with van der Waals surface area (Å²) in [6, 6.07) is 5.23. The monoisotopic (exact) mass is 223 g/mol. The maximum absolute atomic E-state index is 11.0. The van der Waals surface area contributed by atoms with Crippen molar-refractivity contribution in [1.82, 2.24) is 4.98 Å². The number of pyridine rings is 1. The highest BCUT2D eigenvalue weighted by Crippen LogP contribution is 2.09. The van der Waals surface area contributed by atoms with Gasteiger partial charge < -0.3 is 15.4 Å². The van der Waals surface area contributed by atoms with E-state index in [9.17, 15) is 4.79 Å². The molecule has 1 heterocycles. The average Bonchev–Trinajstić information content (AvgIpc) is 2.29. The van der Waals surface area contributed by atoms with Gasteiger partial charge in [0.1, 0.15) is 11.5 Å². The maximum atomic E-state index is 11.0. The average molecular weight is 223 g/mol. The highest BCUT2D eigenvalue weighted by Gasteiger charge is 2.06. The topological polar surface area (TPSA) is 68.5 Å². The number of hydrogen-bond donors (Lipinski definition) is 1. The van der Waals surface area contributed by atoms with E-state index in [1.165, 1.54) is 0 Å². The Labute approximate surface area is 95.2 Å². The minimum Gasteiger partial charge on any atom is -0.385 e. The molecule has 0 aliphatic carbocycles. The smallest absolute Gasteiger partial charge is 0.267 e. The van der Waals surface area contributed by atoms with Gasteiger partial charge in [-0.3, -0.25) is 4.79 Å². The molecule has 0 radical (unpaired) electrons. The molecular weight excluding hydrogens is 206 g/mol. The van der Waals surface area contributed by atoms with Gasteiger partial charge in [0.05, 0.1) is 0 Å². The fourth-order valence-corrected chi connectivity index (χ4v) is 1.33. The molecule has 0 spiro atoms. The summed E-state index contributed by atoms with van der Waals surface area (Å²) in [4.78, 5) is 17.1. The minimum absolute atomic E-state index is 0.288. The van der Waals surface area contributed by atoms with Crippen LogP contribution in [0.2, 0.25) is 0 Å². The molecule has 0 aliphatic heterocycles. The predicted molar refractivity (Wildman–Crippen MR) is 62.5 cm³/mol. The Morgan fingerprint density at radius 2 is 2.31 bits per heavy atom. The summed E-state index contributed by atoms with van der Waals surface area (Å²) in [5, 5.41) is 0. The zero-order chi connectivity index (χ0) is 12.0. The van der Waals surface area contributed by atoms with Gasteiger partial charge in [0.2, 0.25) is 0 Å². The molecule has 0 fully saturated rings. The van der Waals surface area contributed by atoms with Crippen LogP contribution in [0.15, 0.2) is 18.2 Å². The second-order valence-corrected chi connectivity index (χ2v) is 3.51. The van der Waals surface area contributed by atoms with Crippen LogP contribution in [-0.4, -0.2) is 38.2 Å². The number of rotatable bonds is 6. The molecule has 1 aromatic rings. The zero-order valence-corrected chi connectivity index (χ0v) is 9.64. The fraction of sp³-hybridized carbons (Fsp3) is 0.455. The number of ether oxygens (including phenoxy) is 1. The van der Waals surface area contributed by atoms with Crippen molar-refractivity contribution >= 4 is 11.7 Å². The van der Waals surface area contributed by atoms with Crippen molar-refractivity contribution in [2.45, 2.75) is 6.42 Å². The standard InChI is InChI=1S/C11H17N3O2/c1-14(7-4-8-16-2)10-6-3-5-9(13-10)11(12)15/h3,5-6H,4,7-8H2,1-2H3,(H2,12,15). The van der Waals surface area contributed by atoms with Crippen LogP contribution in [-0.2, 0) is 4.74 Å². The highest BCUT2D eigenvalue weighted by molar-refractivity contribution is 5.91. The lowest BCUT2D eigenvalue weighted by Crippen LogP contribution is -2.22. The lowest BCUT2D eigenvalue weighted by molar-refractivity contribution is 0.0995. The summed E-state index contributed by atoms with van der Waals surface area (Å²) in [5.74, 6) is 0.236. The van der Waals surface area contributed by atoms with E-state index < -0.39 is 5.91 Å². The van der Waals surface area contributed by atoms with Gasteiger partial charge in [-0.05, 0) is 18.6 Å². The molecule has 0 saturated carbocycles. The zero-order valence-electron chi connectivity index (χ0n) is 9.64. The summed E-state index contributed by atoms with van der Waals surface area (Å²) in [6.45, 7) is 1.53. The van der Waals surface area contributed by atoms with E-state index in [0.717, 1.165) is 18.8 Å². The molecule has 0 atom stereocenters. The second-order valence-electron chi connectivity index (χ2n) is 3.51. The molecule has 5 heteroatoms. The fourth-order valence-electron chi connectivity index (χ4n) is 1.33. The van der Waals surface area contributed by atoms with Crippen LogP contribution in [0, 0.1) is 0 Å². The molecule has 2 N–H and O–H groups in total. The van der Waals surface area contributed by atoms with Gasteiger partial charge >= 0.3 is 0 Å². The molecule has 16 heavy (non-hydrogen) atoms. The third kappa shape index (κ3) is 3.51. The molecule has 0 bridgehead atoms. The minimum atomic E-state index is -0.507. The van der Waals surface area contributed by atoms with Gasteiger partial charge in [-0.15, -0.1) is 0 Å². The van der Waals surface area contributed by atoms with Crippen LogP contribution < -0.4 is 10.6 Å². The SMILES string of the molecule is COCCCN(C)c1cccc(C(N)=O)n1. The van der Waals surface area contributed by atoms with Crippen molar-refractivity contribution in [3.8, 4) is 0 Å². The number of methoxy groups -OCH3 is 1. The van der Waals surface area contributed by atoms with Crippen molar-refractivity contribution in [3.05, 3.63) is 23.9 Å². The molecule has 0 saturated heterocycles. The van der Waals surface area contributed by atoms with Gasteiger partial charge in [-0.1, -0.05) is 6.07 Å². The molecule has 1 amide bonds. The molecule has 0 unspecified atom stereocenters. The molecular formula is C11H17N3O2. The van der Waals surface area contributed by atoms with Crippen molar-refractivity contribution in [2.75, 3.05) is 32.2 Å². The number of nitrogens with two attached hydrogens (primary N) is 1. The van der Waals surface area contributed by atoms with Crippen LogP contribution in [0.25, 0.3) is 0 Å². The molecule has 1 aromatic heterocycles. The Morgan fingerprint density at radius 3 is 2.94 bits per heavy atom. The Kier molecular flexibility index (Phi) is 4.72. The summed E-state index contributed by atoms with van der Waals surface area (Å²) in [7, 11) is 3.59. The number of nitrogens with zero attached hydrogens (tertiary/aromatic N) is 2. The molecule has 88 valence electrons. The quantitative estimate of drug-likeness (QED) is 0.719. The van der Waals surface area contributed by atoms with Gasteiger partial charge in [0.25, 0.3) is 5.91 Å². The van der Waals surface area contributed by atoms with E-state index in [1.54, 1.807) is 19.2 Å². The number of carbonyl (C=O) groups is 1. The first-order valence-corrected chi connectivity index (χ1v) is 5.12. The van der Waals surface area contributed by atoms with Crippen molar-refractivity contribution < 1.29 is 9.53 Å². The second kappa shape index (κ2) is 6.07. The van der Waals surface area contributed by atoms with Crippen LogP contribution in [0.5, 0.6) is 0 Å². The van der Waals surface area contributed by atoms with Gasteiger partial charge in [0, 0.05) is 27.3 Å². The normalized spacial score (nSPS) is 10.1. The van der Waals surface area contributed by atoms with E-state index in [0.29, 0.717) is 6.61 Å². The Balaban J connectivity index is 2.64. The summed E-state index contributed by atoms with van der Waals surface area (Å²) in [5.41, 5.74) is 5.45. The molecule has 1 rings (SSSR count). The maximum Gasteiger partial charge on any atom is 0.267 e. The Hall–Kier alpha value is -1.62. The van der Waals surface area contributed by atoms with Gasteiger partial charge in [0.15, 0.2) is 0 Å². The first kappa shape index (κ1) is 12.4. The molecule has 5 nitrogen and oxygen atoms in total. The molecule has 0 aliphatic rings. The lowest BCUT2D eigenvalue weighted by atomic mass is 10.3. The summed E-state index contributed by atoms with van der Waals surface area (Å²) < 4.78 is 4.97. The van der Waals surface area contributed by atoms with Crippen molar-refractivity contribution in [1.29, 1.82) is 0 Å². The number of anilines is 1. The van der Waals surface area contributed by atoms with Crippen LogP contribution in [0.3, 0.4) is 0 Å². The lowest BCUT2D eigenvalue weighted by Gasteiger charge is -2.18.